The lowest BCUT2D eigenvalue weighted by Gasteiger charge is -2.33. The van der Waals surface area contributed by atoms with Crippen molar-refractivity contribution in [3.63, 3.8) is 0 Å². The van der Waals surface area contributed by atoms with E-state index in [9.17, 15) is 48.6 Å². The monoisotopic (exact) mass is 722 g/mol. The lowest BCUT2D eigenvalue weighted by Crippen LogP contribution is -2.60. The van der Waals surface area contributed by atoms with E-state index in [1.807, 2.05) is 6.92 Å². The number of nitrogens with two attached hydrogens (primary N) is 1. The summed E-state index contributed by atoms with van der Waals surface area (Å²) in [5, 5.41) is 37.6. The number of likely N-dealkylation sites (tertiary alicyclic amines) is 1. The first-order valence-electron chi connectivity index (χ1n) is 16.9. The third-order valence-electron chi connectivity index (χ3n) is 9.06. The van der Waals surface area contributed by atoms with E-state index in [4.69, 9.17) is 10.8 Å². The average molecular weight is 723 g/mol. The fraction of sp³-hybridized carbons (Fsp3) is 0.656. The SMILES string of the molecule is CC[C@H](C)[C@H](N)C(=O)N[C@@H](CCC(=O)O)C(=O)N[C@H](C(=O)N1CCC[C@H]1C(=O)N[C@@H](Cc1cnc[nH]1)C(=O)N[C@@H](CC(=O)O)C(=O)O)[C@@H](C)CC. The van der Waals surface area contributed by atoms with E-state index in [1.54, 1.807) is 20.8 Å². The molecule has 0 aromatic carbocycles. The predicted octanol–water partition coefficient (Wildman–Crippen LogP) is -1.27. The molecule has 8 atom stereocenters. The zero-order valence-corrected chi connectivity index (χ0v) is 29.2. The molecule has 10 N–H and O–H groups in total. The minimum Gasteiger partial charge on any atom is -0.481 e. The van der Waals surface area contributed by atoms with Crippen LogP contribution in [0.4, 0.5) is 0 Å². The van der Waals surface area contributed by atoms with E-state index < -0.39 is 102 Å². The van der Waals surface area contributed by atoms with Crippen molar-refractivity contribution in [3.05, 3.63) is 18.2 Å². The van der Waals surface area contributed by atoms with Gasteiger partial charge in [0.1, 0.15) is 30.2 Å². The minimum atomic E-state index is -1.78. The van der Waals surface area contributed by atoms with Gasteiger partial charge in [0.05, 0.1) is 18.8 Å². The number of imidazole rings is 1. The summed E-state index contributed by atoms with van der Waals surface area (Å²) < 4.78 is 0. The van der Waals surface area contributed by atoms with Gasteiger partial charge in [0.2, 0.25) is 29.5 Å². The van der Waals surface area contributed by atoms with E-state index >= 15 is 0 Å². The largest absolute Gasteiger partial charge is 0.481 e. The fourth-order valence-corrected chi connectivity index (χ4v) is 5.48. The number of carboxylic acids is 3. The van der Waals surface area contributed by atoms with E-state index in [-0.39, 0.29) is 31.7 Å². The molecular formula is C32H50N8O11. The quantitative estimate of drug-likeness (QED) is 0.0716. The number of carbonyl (C=O) groups is 8. The third-order valence-corrected chi connectivity index (χ3v) is 9.06. The van der Waals surface area contributed by atoms with Crippen LogP contribution in [0.5, 0.6) is 0 Å². The lowest BCUT2D eigenvalue weighted by molar-refractivity contribution is -0.147. The molecule has 19 heteroatoms. The molecule has 0 aliphatic carbocycles. The van der Waals surface area contributed by atoms with Gasteiger partial charge in [0, 0.05) is 31.3 Å². The molecule has 284 valence electrons. The Hall–Kier alpha value is -5.07. The van der Waals surface area contributed by atoms with Crippen LogP contribution in [0, 0.1) is 11.8 Å². The molecule has 0 bridgehead atoms. The van der Waals surface area contributed by atoms with Crippen LogP contribution >= 0.6 is 0 Å². The molecule has 1 aromatic rings. The summed E-state index contributed by atoms with van der Waals surface area (Å²) in [5.74, 6) is -8.74. The second kappa shape index (κ2) is 19.9. The number of aromatic amines is 1. The fourth-order valence-electron chi connectivity index (χ4n) is 5.48. The molecule has 1 aliphatic rings. The van der Waals surface area contributed by atoms with E-state index in [1.165, 1.54) is 17.4 Å². The molecule has 1 aliphatic heterocycles. The molecule has 0 radical (unpaired) electrons. The van der Waals surface area contributed by atoms with Crippen LogP contribution in [0.1, 0.15) is 78.3 Å². The Kier molecular flexibility index (Phi) is 16.5. The van der Waals surface area contributed by atoms with Crippen molar-refractivity contribution in [1.82, 2.24) is 36.1 Å². The predicted molar refractivity (Wildman–Crippen MR) is 178 cm³/mol. The zero-order chi connectivity index (χ0) is 38.4. The van der Waals surface area contributed by atoms with Crippen LogP contribution in [0.3, 0.4) is 0 Å². The summed E-state index contributed by atoms with van der Waals surface area (Å²) in [6.45, 7) is 7.22. The van der Waals surface area contributed by atoms with Crippen molar-refractivity contribution in [2.24, 2.45) is 17.6 Å². The van der Waals surface area contributed by atoms with Crippen LogP contribution in [0.2, 0.25) is 0 Å². The van der Waals surface area contributed by atoms with Gasteiger partial charge < -0.3 is 52.2 Å². The van der Waals surface area contributed by atoms with Gasteiger partial charge in [-0.3, -0.25) is 33.6 Å². The van der Waals surface area contributed by atoms with Gasteiger partial charge in [-0.25, -0.2) is 9.78 Å². The molecule has 1 fully saturated rings. The first kappa shape index (κ1) is 42.1. The molecule has 0 unspecified atom stereocenters. The summed E-state index contributed by atoms with van der Waals surface area (Å²) in [4.78, 5) is 109. The number of H-pyrrole nitrogens is 1. The second-order valence-corrected chi connectivity index (χ2v) is 12.8. The van der Waals surface area contributed by atoms with Crippen molar-refractivity contribution in [2.75, 3.05) is 6.54 Å². The van der Waals surface area contributed by atoms with Gasteiger partial charge >= 0.3 is 17.9 Å². The molecule has 5 amide bonds. The second-order valence-electron chi connectivity index (χ2n) is 12.8. The molecule has 51 heavy (non-hydrogen) atoms. The number of aliphatic carboxylic acids is 3. The number of aromatic nitrogens is 2. The van der Waals surface area contributed by atoms with Gasteiger partial charge in [-0.2, -0.15) is 0 Å². The highest BCUT2D eigenvalue weighted by molar-refractivity contribution is 5.97. The summed E-state index contributed by atoms with van der Waals surface area (Å²) in [6.07, 6.45) is 2.49. The first-order valence-corrected chi connectivity index (χ1v) is 16.9. The van der Waals surface area contributed by atoms with Crippen LogP contribution in [0.15, 0.2) is 12.5 Å². The Bertz CT molecular complexity index is 1410. The summed E-state index contributed by atoms with van der Waals surface area (Å²) in [6, 6.07) is -7.73. The number of hydrogen-bond acceptors (Lipinski definition) is 10. The van der Waals surface area contributed by atoms with Gasteiger partial charge in [-0.1, -0.05) is 40.5 Å². The smallest absolute Gasteiger partial charge is 0.326 e. The molecule has 2 heterocycles. The molecule has 1 aromatic heterocycles. The number of nitrogens with zero attached hydrogens (tertiary/aromatic N) is 2. The van der Waals surface area contributed by atoms with Crippen molar-refractivity contribution in [2.45, 2.75) is 115 Å². The van der Waals surface area contributed by atoms with Crippen molar-refractivity contribution in [1.29, 1.82) is 0 Å². The van der Waals surface area contributed by atoms with Crippen LogP contribution in [-0.4, -0.2) is 120 Å². The number of rotatable bonds is 21. The molecule has 19 nitrogen and oxygen atoms in total. The Morgan fingerprint density at radius 1 is 0.882 bits per heavy atom. The molecule has 0 spiro atoms. The summed E-state index contributed by atoms with van der Waals surface area (Å²) in [7, 11) is 0. The topological polar surface area (TPSA) is 303 Å². The summed E-state index contributed by atoms with van der Waals surface area (Å²) in [5.41, 5.74) is 6.43. The number of nitrogens with one attached hydrogen (secondary N) is 5. The van der Waals surface area contributed by atoms with E-state index in [2.05, 4.69) is 31.2 Å². The number of carboxylic acid groups (broad SMARTS) is 3. The molecule has 2 rings (SSSR count). The van der Waals surface area contributed by atoms with Crippen LogP contribution in [-0.2, 0) is 44.8 Å². The Labute approximate surface area is 294 Å². The highest BCUT2D eigenvalue weighted by Gasteiger charge is 2.41. The molecule has 0 saturated carbocycles. The van der Waals surface area contributed by atoms with Crippen molar-refractivity contribution >= 4 is 47.4 Å². The maximum Gasteiger partial charge on any atom is 0.326 e. The number of hydrogen-bond donors (Lipinski definition) is 9. The first-order chi connectivity index (χ1) is 24.0. The highest BCUT2D eigenvalue weighted by Crippen LogP contribution is 2.22. The van der Waals surface area contributed by atoms with Gasteiger partial charge in [0.25, 0.3) is 0 Å². The van der Waals surface area contributed by atoms with Gasteiger partial charge in [-0.05, 0) is 31.1 Å². The molecule has 1 saturated heterocycles. The Balaban J connectivity index is 2.30. The van der Waals surface area contributed by atoms with E-state index in [0.29, 0.717) is 25.0 Å². The van der Waals surface area contributed by atoms with Crippen molar-refractivity contribution < 1.29 is 53.7 Å². The molecular weight excluding hydrogens is 672 g/mol. The highest BCUT2D eigenvalue weighted by atomic mass is 16.4. The zero-order valence-electron chi connectivity index (χ0n) is 29.2. The normalized spacial score (nSPS) is 18.2. The average Bonchev–Trinajstić information content (AvgIpc) is 3.79. The summed E-state index contributed by atoms with van der Waals surface area (Å²) >= 11 is 0. The minimum absolute atomic E-state index is 0.125. The third kappa shape index (κ3) is 12.6. The number of amides is 5. The van der Waals surface area contributed by atoms with E-state index in [0.717, 1.165) is 0 Å². The van der Waals surface area contributed by atoms with Gasteiger partial charge in [0.15, 0.2) is 0 Å². The van der Waals surface area contributed by atoms with Crippen molar-refractivity contribution in [3.8, 4) is 0 Å². The van der Waals surface area contributed by atoms with Crippen LogP contribution in [0.25, 0.3) is 0 Å². The van der Waals surface area contributed by atoms with Crippen LogP contribution < -0.4 is 27.0 Å². The Morgan fingerprint density at radius 3 is 2.06 bits per heavy atom. The maximum atomic E-state index is 14.1. The lowest BCUT2D eigenvalue weighted by atomic mass is 9.96. The standard InChI is InChI=1S/C32H50N8O11/c1-5-16(3)25(33)30(48)36-19(9-10-23(41)42)27(45)39-26(17(4)6-2)31(49)40-11-7-8-22(40)29(47)37-20(12-18-14-34-15-35-18)28(46)38-21(32(50)51)13-24(43)44/h14-17,19-22,25-26H,5-13,33H2,1-4H3,(H,34,35)(H,36,48)(H,37,47)(H,38,46)(H,39,45)(H,41,42)(H,43,44)(H,50,51)/t16-,17-,19-,20-,21-,22-,25-,26-/m0/s1. The Morgan fingerprint density at radius 2 is 1.51 bits per heavy atom. The van der Waals surface area contributed by atoms with Gasteiger partial charge in [-0.15, -0.1) is 0 Å². The maximum absolute atomic E-state index is 14.1. The number of carbonyl (C=O) groups excluding carboxylic acids is 5.